The molecule has 0 fully saturated rings. The second kappa shape index (κ2) is 9.31. The van der Waals surface area contributed by atoms with Crippen molar-refractivity contribution in [3.8, 4) is 5.75 Å². The van der Waals surface area contributed by atoms with E-state index in [4.69, 9.17) is 10.5 Å². The van der Waals surface area contributed by atoms with Crippen molar-refractivity contribution in [1.82, 2.24) is 0 Å². The molecule has 9 heteroatoms. The van der Waals surface area contributed by atoms with Gasteiger partial charge in [-0.25, -0.2) is 8.42 Å². The van der Waals surface area contributed by atoms with Crippen LogP contribution in [0.25, 0.3) is 0 Å². The summed E-state index contributed by atoms with van der Waals surface area (Å²) in [7, 11) is -2.53. The van der Waals surface area contributed by atoms with E-state index in [0.717, 1.165) is 0 Å². The standard InChI is InChI=1S/C22H21N3O5S/c1-30-20-12-5-4-11-19(20)25-31(28,29)17-9-6-8-16(13-17)22(27)24-18-10-3-2-7-15(18)14-21(23)26/h2-13,25H,14H2,1H3,(H2,23,26)(H,24,27). The number of hydrogen-bond acceptors (Lipinski definition) is 5. The van der Waals surface area contributed by atoms with Crippen molar-refractivity contribution < 1.29 is 22.7 Å². The Morgan fingerprint density at radius 2 is 1.61 bits per heavy atom. The van der Waals surface area contributed by atoms with Crippen LogP contribution in [0.1, 0.15) is 15.9 Å². The normalized spacial score (nSPS) is 10.9. The number of nitrogens with one attached hydrogen (secondary N) is 2. The number of carbonyl (C=O) groups excluding carboxylic acids is 2. The third-order valence-electron chi connectivity index (χ3n) is 4.39. The molecule has 31 heavy (non-hydrogen) atoms. The van der Waals surface area contributed by atoms with Crippen molar-refractivity contribution in [3.05, 3.63) is 83.9 Å². The van der Waals surface area contributed by atoms with Gasteiger partial charge in [0.1, 0.15) is 5.75 Å². The largest absolute Gasteiger partial charge is 0.495 e. The molecule has 0 aliphatic heterocycles. The lowest BCUT2D eigenvalue weighted by molar-refractivity contribution is -0.117. The topological polar surface area (TPSA) is 128 Å². The fourth-order valence-electron chi connectivity index (χ4n) is 2.92. The van der Waals surface area contributed by atoms with Crippen molar-refractivity contribution in [2.24, 2.45) is 5.73 Å². The molecule has 2 amide bonds. The number of anilines is 2. The van der Waals surface area contributed by atoms with Gasteiger partial charge >= 0.3 is 0 Å². The Morgan fingerprint density at radius 1 is 0.935 bits per heavy atom. The first-order valence-electron chi connectivity index (χ1n) is 9.23. The molecular weight excluding hydrogens is 418 g/mol. The molecule has 0 aliphatic rings. The number of methoxy groups -OCH3 is 1. The van der Waals surface area contributed by atoms with Gasteiger partial charge in [-0.15, -0.1) is 0 Å². The summed E-state index contributed by atoms with van der Waals surface area (Å²) in [6, 6.07) is 19.0. The maximum Gasteiger partial charge on any atom is 0.262 e. The lowest BCUT2D eigenvalue weighted by Crippen LogP contribution is -2.18. The summed E-state index contributed by atoms with van der Waals surface area (Å²) in [5, 5.41) is 2.70. The van der Waals surface area contributed by atoms with Gasteiger partial charge in [0.15, 0.2) is 0 Å². The first-order chi connectivity index (χ1) is 14.8. The molecule has 8 nitrogen and oxygen atoms in total. The number of carbonyl (C=O) groups is 2. The fourth-order valence-corrected chi connectivity index (χ4v) is 4.03. The Morgan fingerprint density at radius 3 is 2.32 bits per heavy atom. The van der Waals surface area contributed by atoms with Gasteiger partial charge in [-0.1, -0.05) is 36.4 Å². The van der Waals surface area contributed by atoms with E-state index in [9.17, 15) is 18.0 Å². The molecule has 0 unspecified atom stereocenters. The van der Waals surface area contributed by atoms with Crippen molar-refractivity contribution in [3.63, 3.8) is 0 Å². The maximum atomic E-state index is 12.8. The average molecular weight is 439 g/mol. The molecule has 0 radical (unpaired) electrons. The lowest BCUT2D eigenvalue weighted by Gasteiger charge is -2.13. The van der Waals surface area contributed by atoms with Gasteiger partial charge < -0.3 is 15.8 Å². The molecule has 3 aromatic rings. The second-order valence-corrected chi connectivity index (χ2v) is 8.27. The average Bonchev–Trinajstić information content (AvgIpc) is 2.75. The molecule has 0 saturated heterocycles. The number of sulfonamides is 1. The molecular formula is C22H21N3O5S. The minimum atomic E-state index is -3.97. The molecule has 0 atom stereocenters. The van der Waals surface area contributed by atoms with Gasteiger partial charge in [0.25, 0.3) is 15.9 Å². The van der Waals surface area contributed by atoms with E-state index < -0.39 is 21.8 Å². The monoisotopic (exact) mass is 439 g/mol. The summed E-state index contributed by atoms with van der Waals surface area (Å²) in [6.45, 7) is 0. The van der Waals surface area contributed by atoms with Gasteiger partial charge in [0.2, 0.25) is 5.91 Å². The van der Waals surface area contributed by atoms with Crippen LogP contribution in [0.2, 0.25) is 0 Å². The number of benzene rings is 3. The van der Waals surface area contributed by atoms with Crippen LogP contribution in [0.4, 0.5) is 11.4 Å². The van der Waals surface area contributed by atoms with Gasteiger partial charge in [-0.3, -0.25) is 14.3 Å². The van der Waals surface area contributed by atoms with Crippen LogP contribution in [0, 0.1) is 0 Å². The van der Waals surface area contributed by atoms with E-state index >= 15 is 0 Å². The Labute approximate surface area is 180 Å². The van der Waals surface area contributed by atoms with Crippen LogP contribution in [-0.4, -0.2) is 27.3 Å². The Balaban J connectivity index is 1.84. The van der Waals surface area contributed by atoms with Crippen LogP contribution in [0.3, 0.4) is 0 Å². The van der Waals surface area contributed by atoms with Gasteiger partial charge in [0.05, 0.1) is 24.1 Å². The van der Waals surface area contributed by atoms with Crippen molar-refractivity contribution in [1.29, 1.82) is 0 Å². The molecule has 0 bridgehead atoms. The number of hydrogen-bond donors (Lipinski definition) is 3. The molecule has 4 N–H and O–H groups in total. The summed E-state index contributed by atoms with van der Waals surface area (Å²) in [5.41, 5.74) is 6.65. The Kier molecular flexibility index (Phi) is 6.56. The van der Waals surface area contributed by atoms with Gasteiger partial charge in [-0.05, 0) is 42.0 Å². The first kappa shape index (κ1) is 21.8. The van der Waals surface area contributed by atoms with Crippen LogP contribution in [0.15, 0.2) is 77.7 Å². The highest BCUT2D eigenvalue weighted by molar-refractivity contribution is 7.92. The maximum absolute atomic E-state index is 12.8. The molecule has 160 valence electrons. The number of amides is 2. The van der Waals surface area contributed by atoms with E-state index in [0.29, 0.717) is 17.0 Å². The van der Waals surface area contributed by atoms with Crippen LogP contribution in [-0.2, 0) is 21.2 Å². The van der Waals surface area contributed by atoms with Crippen LogP contribution in [0.5, 0.6) is 5.75 Å². The van der Waals surface area contributed by atoms with Crippen molar-refractivity contribution in [2.45, 2.75) is 11.3 Å². The Hall–Kier alpha value is -3.85. The zero-order valence-electron chi connectivity index (χ0n) is 16.7. The third-order valence-corrected chi connectivity index (χ3v) is 5.75. The summed E-state index contributed by atoms with van der Waals surface area (Å²) in [5.74, 6) is -0.686. The number of primary amides is 1. The zero-order valence-corrected chi connectivity index (χ0v) is 17.5. The molecule has 0 aromatic heterocycles. The molecule has 3 rings (SSSR count). The number of nitrogens with two attached hydrogens (primary N) is 1. The van der Waals surface area contributed by atoms with Crippen LogP contribution >= 0.6 is 0 Å². The molecule has 0 aliphatic carbocycles. The van der Waals surface area contributed by atoms with Crippen molar-refractivity contribution in [2.75, 3.05) is 17.1 Å². The van der Waals surface area contributed by atoms with Gasteiger partial charge in [0, 0.05) is 11.3 Å². The zero-order chi connectivity index (χ0) is 22.4. The molecule has 0 spiro atoms. The fraction of sp³-hybridized carbons (Fsp3) is 0.0909. The highest BCUT2D eigenvalue weighted by atomic mass is 32.2. The number of ether oxygens (including phenoxy) is 1. The summed E-state index contributed by atoms with van der Waals surface area (Å²) in [6.07, 6.45) is -0.0340. The van der Waals surface area contributed by atoms with Gasteiger partial charge in [-0.2, -0.15) is 0 Å². The summed E-state index contributed by atoms with van der Waals surface area (Å²) in [4.78, 5) is 23.9. The summed E-state index contributed by atoms with van der Waals surface area (Å²) < 4.78 is 33.3. The van der Waals surface area contributed by atoms with E-state index in [-0.39, 0.29) is 22.6 Å². The van der Waals surface area contributed by atoms with E-state index in [1.807, 2.05) is 0 Å². The van der Waals surface area contributed by atoms with E-state index in [1.165, 1.54) is 31.4 Å². The number of rotatable bonds is 8. The molecule has 0 saturated carbocycles. The van der Waals surface area contributed by atoms with E-state index in [1.54, 1.807) is 48.5 Å². The minimum Gasteiger partial charge on any atom is -0.495 e. The predicted octanol–water partition coefficient (Wildman–Crippen LogP) is 2.78. The first-order valence-corrected chi connectivity index (χ1v) is 10.7. The lowest BCUT2D eigenvalue weighted by atomic mass is 10.1. The summed E-state index contributed by atoms with van der Waals surface area (Å²) >= 11 is 0. The molecule has 3 aromatic carbocycles. The number of para-hydroxylation sites is 3. The third kappa shape index (κ3) is 5.40. The highest BCUT2D eigenvalue weighted by Gasteiger charge is 2.19. The molecule has 0 heterocycles. The Bertz CT molecular complexity index is 1230. The quantitative estimate of drug-likeness (QED) is 0.497. The van der Waals surface area contributed by atoms with Crippen LogP contribution < -0.4 is 20.5 Å². The van der Waals surface area contributed by atoms with Crippen molar-refractivity contribution >= 4 is 33.2 Å². The minimum absolute atomic E-state index is 0.0340. The smallest absolute Gasteiger partial charge is 0.262 e. The second-order valence-electron chi connectivity index (χ2n) is 6.59. The predicted molar refractivity (Wildman–Crippen MR) is 118 cm³/mol. The highest BCUT2D eigenvalue weighted by Crippen LogP contribution is 2.26. The van der Waals surface area contributed by atoms with E-state index in [2.05, 4.69) is 10.0 Å². The SMILES string of the molecule is COc1ccccc1NS(=O)(=O)c1cccc(C(=O)Nc2ccccc2CC(N)=O)c1.